The van der Waals surface area contributed by atoms with Gasteiger partial charge in [0, 0.05) is 11.6 Å². The molecule has 0 saturated carbocycles. The Morgan fingerprint density at radius 1 is 1.20 bits per heavy atom. The summed E-state index contributed by atoms with van der Waals surface area (Å²) in [4.78, 5) is 12.1. The average molecular weight is 383 g/mol. The smallest absolute Gasteiger partial charge is 0.264 e. The Balaban J connectivity index is 2.46. The van der Waals surface area contributed by atoms with E-state index in [4.69, 9.17) is 16.3 Å². The molecule has 6 nitrogen and oxygen atoms in total. The van der Waals surface area contributed by atoms with Crippen molar-refractivity contribution in [2.75, 3.05) is 24.5 Å². The summed E-state index contributed by atoms with van der Waals surface area (Å²) >= 11 is 5.98. The van der Waals surface area contributed by atoms with Crippen LogP contribution in [0.3, 0.4) is 0 Å². The highest BCUT2D eigenvalue weighted by molar-refractivity contribution is 7.92. The van der Waals surface area contributed by atoms with Gasteiger partial charge in [-0.25, -0.2) is 8.42 Å². The summed E-state index contributed by atoms with van der Waals surface area (Å²) < 4.78 is 32.2. The summed E-state index contributed by atoms with van der Waals surface area (Å²) in [6, 6.07) is 12.3. The second-order valence-electron chi connectivity index (χ2n) is 5.12. The lowest BCUT2D eigenvalue weighted by Crippen LogP contribution is -2.40. The number of ether oxygens (including phenoxy) is 1. The third kappa shape index (κ3) is 4.64. The van der Waals surface area contributed by atoms with Crippen molar-refractivity contribution in [2.45, 2.75) is 11.8 Å². The van der Waals surface area contributed by atoms with Crippen LogP contribution in [0.2, 0.25) is 5.02 Å². The van der Waals surface area contributed by atoms with Gasteiger partial charge in [-0.15, -0.1) is 0 Å². The zero-order valence-corrected chi connectivity index (χ0v) is 15.5. The van der Waals surface area contributed by atoms with Gasteiger partial charge in [0.05, 0.1) is 17.7 Å². The van der Waals surface area contributed by atoms with Crippen molar-refractivity contribution >= 4 is 33.2 Å². The summed E-state index contributed by atoms with van der Waals surface area (Å²) in [5.41, 5.74) is 0.314. The summed E-state index contributed by atoms with van der Waals surface area (Å²) in [5.74, 6) is 0.136. The number of benzene rings is 2. The first-order valence-electron chi connectivity index (χ1n) is 7.57. The lowest BCUT2D eigenvalue weighted by molar-refractivity contribution is -0.119. The maximum atomic E-state index is 13.0. The van der Waals surface area contributed by atoms with Crippen LogP contribution in [0.5, 0.6) is 5.75 Å². The molecule has 8 heteroatoms. The van der Waals surface area contributed by atoms with Crippen LogP contribution in [0, 0.1) is 0 Å². The molecule has 0 aliphatic rings. The molecule has 134 valence electrons. The van der Waals surface area contributed by atoms with E-state index in [2.05, 4.69) is 5.32 Å². The molecule has 0 saturated heterocycles. The van der Waals surface area contributed by atoms with E-state index >= 15 is 0 Å². The molecule has 0 fully saturated rings. The van der Waals surface area contributed by atoms with Crippen LogP contribution in [-0.4, -0.2) is 34.5 Å². The Labute approximate surface area is 152 Å². The predicted octanol–water partition coefficient (Wildman–Crippen LogP) is 2.68. The Bertz CT molecular complexity index is 838. The topological polar surface area (TPSA) is 75.7 Å². The predicted molar refractivity (Wildman–Crippen MR) is 97.7 cm³/mol. The number of hydrogen-bond donors (Lipinski definition) is 1. The van der Waals surface area contributed by atoms with Gasteiger partial charge < -0.3 is 10.1 Å². The first-order valence-corrected chi connectivity index (χ1v) is 9.39. The molecule has 0 atom stereocenters. The van der Waals surface area contributed by atoms with E-state index in [9.17, 15) is 13.2 Å². The number of likely N-dealkylation sites (N-methyl/N-ethyl adjacent to an activating group) is 1. The number of hydrogen-bond acceptors (Lipinski definition) is 4. The summed E-state index contributed by atoms with van der Waals surface area (Å²) in [6.07, 6.45) is 0. The van der Waals surface area contributed by atoms with Crippen LogP contribution in [-0.2, 0) is 14.8 Å². The maximum absolute atomic E-state index is 13.0. The van der Waals surface area contributed by atoms with Crippen LogP contribution >= 0.6 is 11.6 Å². The van der Waals surface area contributed by atoms with Crippen molar-refractivity contribution in [3.05, 3.63) is 53.6 Å². The number of carbonyl (C=O) groups excluding carboxylic acids is 1. The fourth-order valence-electron chi connectivity index (χ4n) is 2.20. The van der Waals surface area contributed by atoms with Gasteiger partial charge in [-0.1, -0.05) is 17.7 Å². The normalized spacial score (nSPS) is 11.0. The number of halogens is 1. The second-order valence-corrected chi connectivity index (χ2v) is 7.42. The summed E-state index contributed by atoms with van der Waals surface area (Å²) in [7, 11) is -2.45. The van der Waals surface area contributed by atoms with Crippen molar-refractivity contribution in [2.24, 2.45) is 0 Å². The van der Waals surface area contributed by atoms with E-state index < -0.39 is 15.9 Å². The number of methoxy groups -OCH3 is 1. The molecular weight excluding hydrogens is 364 g/mol. The van der Waals surface area contributed by atoms with Crippen LogP contribution in [0.15, 0.2) is 53.4 Å². The number of sulfonamides is 1. The molecule has 2 aromatic carbocycles. The molecule has 2 rings (SSSR count). The monoisotopic (exact) mass is 382 g/mol. The van der Waals surface area contributed by atoms with Crippen LogP contribution in [0.4, 0.5) is 5.69 Å². The molecule has 0 spiro atoms. The van der Waals surface area contributed by atoms with E-state index in [0.29, 0.717) is 23.0 Å². The van der Waals surface area contributed by atoms with Gasteiger partial charge >= 0.3 is 0 Å². The molecule has 0 heterocycles. The summed E-state index contributed by atoms with van der Waals surface area (Å²) in [5, 5.41) is 2.98. The van der Waals surface area contributed by atoms with Gasteiger partial charge in [-0.3, -0.25) is 9.10 Å². The van der Waals surface area contributed by atoms with Gasteiger partial charge in [0.2, 0.25) is 5.91 Å². The van der Waals surface area contributed by atoms with Crippen molar-refractivity contribution in [1.82, 2.24) is 5.32 Å². The highest BCUT2D eigenvalue weighted by Crippen LogP contribution is 2.27. The highest BCUT2D eigenvalue weighted by atomic mass is 35.5. The zero-order chi connectivity index (χ0) is 18.4. The van der Waals surface area contributed by atoms with Crippen molar-refractivity contribution in [3.8, 4) is 5.75 Å². The number of nitrogens with zero attached hydrogens (tertiary/aromatic N) is 1. The van der Waals surface area contributed by atoms with E-state index in [1.807, 2.05) is 0 Å². The molecule has 0 bridgehead atoms. The average Bonchev–Trinajstić information content (AvgIpc) is 2.60. The minimum atomic E-state index is -3.95. The van der Waals surface area contributed by atoms with Crippen LogP contribution < -0.4 is 14.4 Å². The van der Waals surface area contributed by atoms with Gasteiger partial charge in [0.15, 0.2) is 0 Å². The number of carbonyl (C=O) groups is 1. The molecule has 1 N–H and O–H groups in total. The Morgan fingerprint density at radius 2 is 1.88 bits per heavy atom. The third-order valence-electron chi connectivity index (χ3n) is 3.40. The molecular formula is C17H19ClN2O4S. The van der Waals surface area contributed by atoms with Crippen molar-refractivity contribution < 1.29 is 17.9 Å². The number of anilines is 1. The van der Waals surface area contributed by atoms with Crippen molar-refractivity contribution in [3.63, 3.8) is 0 Å². The molecule has 0 unspecified atom stereocenters. The minimum Gasteiger partial charge on any atom is -0.497 e. The first kappa shape index (κ1) is 19.1. The van der Waals surface area contributed by atoms with Crippen LogP contribution in [0.25, 0.3) is 0 Å². The lowest BCUT2D eigenvalue weighted by Gasteiger charge is -2.24. The maximum Gasteiger partial charge on any atom is 0.264 e. The molecule has 0 aliphatic heterocycles. The number of rotatable bonds is 7. The fourth-order valence-corrected chi connectivity index (χ4v) is 3.80. The van der Waals surface area contributed by atoms with E-state index in [0.717, 1.165) is 4.31 Å². The quantitative estimate of drug-likeness (QED) is 0.798. The first-order chi connectivity index (χ1) is 11.9. The Kier molecular flexibility index (Phi) is 6.27. The van der Waals surface area contributed by atoms with Crippen LogP contribution in [0.1, 0.15) is 6.92 Å². The molecule has 2 aromatic rings. The standard InChI is InChI=1S/C17H19ClN2O4S/c1-3-19-17(21)12-20(14-6-4-5-13(18)11-14)25(22,23)16-9-7-15(24-2)8-10-16/h4-11H,3,12H2,1-2H3,(H,19,21). The van der Waals surface area contributed by atoms with Gasteiger partial charge in [-0.05, 0) is 49.4 Å². The van der Waals surface area contributed by atoms with Gasteiger partial charge in [0.25, 0.3) is 10.0 Å². The molecule has 25 heavy (non-hydrogen) atoms. The zero-order valence-electron chi connectivity index (χ0n) is 13.9. The highest BCUT2D eigenvalue weighted by Gasteiger charge is 2.27. The summed E-state index contributed by atoms with van der Waals surface area (Å²) in [6.45, 7) is 1.83. The van der Waals surface area contributed by atoms with E-state index in [1.165, 1.54) is 25.3 Å². The number of nitrogens with one attached hydrogen (secondary N) is 1. The number of amides is 1. The molecule has 0 radical (unpaired) electrons. The van der Waals surface area contributed by atoms with Gasteiger partial charge in [0.1, 0.15) is 12.3 Å². The van der Waals surface area contributed by atoms with E-state index in [1.54, 1.807) is 37.3 Å². The minimum absolute atomic E-state index is 0.0533. The second kappa shape index (κ2) is 8.22. The molecule has 1 amide bonds. The van der Waals surface area contributed by atoms with E-state index in [-0.39, 0.29) is 11.4 Å². The largest absolute Gasteiger partial charge is 0.497 e. The third-order valence-corrected chi connectivity index (χ3v) is 5.43. The Hall–Kier alpha value is -2.25. The molecule has 0 aliphatic carbocycles. The van der Waals surface area contributed by atoms with Gasteiger partial charge in [-0.2, -0.15) is 0 Å². The Morgan fingerprint density at radius 3 is 2.44 bits per heavy atom. The molecule has 0 aromatic heterocycles. The lowest BCUT2D eigenvalue weighted by atomic mass is 10.3. The SMILES string of the molecule is CCNC(=O)CN(c1cccc(Cl)c1)S(=O)(=O)c1ccc(OC)cc1. The fraction of sp³-hybridized carbons (Fsp3) is 0.235. The van der Waals surface area contributed by atoms with Crippen molar-refractivity contribution in [1.29, 1.82) is 0 Å².